The highest BCUT2D eigenvalue weighted by Crippen LogP contribution is 2.31. The Kier molecular flexibility index (Phi) is 4.92. The number of rotatable bonds is 3. The third kappa shape index (κ3) is 3.87. The third-order valence-electron chi connectivity index (χ3n) is 4.03. The number of thioether (sulfide) groups is 1. The van der Waals surface area contributed by atoms with Crippen LogP contribution in [-0.2, 0) is 4.79 Å². The van der Waals surface area contributed by atoms with E-state index in [1.165, 1.54) is 0 Å². The molecule has 0 aromatic carbocycles. The van der Waals surface area contributed by atoms with Crippen LogP contribution < -0.4 is 10.6 Å². The van der Waals surface area contributed by atoms with Crippen molar-refractivity contribution >= 4 is 17.7 Å². The molecule has 0 aromatic heterocycles. The van der Waals surface area contributed by atoms with Gasteiger partial charge in [0.05, 0.1) is 11.6 Å². The molecule has 0 radical (unpaired) electrons. The van der Waals surface area contributed by atoms with E-state index in [0.717, 1.165) is 43.7 Å². The van der Waals surface area contributed by atoms with Crippen LogP contribution in [0.3, 0.4) is 0 Å². The second-order valence-electron chi connectivity index (χ2n) is 5.71. The summed E-state index contributed by atoms with van der Waals surface area (Å²) in [6.07, 6.45) is 3.73. The molecular weight excluding hydrogens is 248 g/mol. The quantitative estimate of drug-likeness (QED) is 0.709. The molecule has 2 aliphatic rings. The molecule has 1 saturated heterocycles. The molecule has 1 aliphatic heterocycles. The van der Waals surface area contributed by atoms with Gasteiger partial charge in [0.1, 0.15) is 0 Å². The number of carbonyl (C=O) groups is 1. The van der Waals surface area contributed by atoms with Crippen LogP contribution in [-0.4, -0.2) is 47.3 Å². The van der Waals surface area contributed by atoms with Crippen molar-refractivity contribution in [2.24, 2.45) is 5.92 Å². The lowest BCUT2D eigenvalue weighted by Gasteiger charge is -2.35. The molecule has 0 bridgehead atoms. The van der Waals surface area contributed by atoms with Crippen molar-refractivity contribution in [1.29, 1.82) is 0 Å². The van der Waals surface area contributed by atoms with E-state index >= 15 is 0 Å². The molecule has 1 atom stereocenters. The number of hydrogen-bond acceptors (Lipinski definition) is 4. The summed E-state index contributed by atoms with van der Waals surface area (Å²) in [5.41, 5.74) is -0.677. The fourth-order valence-corrected chi connectivity index (χ4v) is 3.52. The van der Waals surface area contributed by atoms with Crippen LogP contribution >= 0.6 is 11.8 Å². The summed E-state index contributed by atoms with van der Waals surface area (Å²) in [7, 11) is 0. The van der Waals surface area contributed by atoms with Crippen LogP contribution in [0.15, 0.2) is 0 Å². The third-order valence-corrected chi connectivity index (χ3v) is 5.10. The van der Waals surface area contributed by atoms with Gasteiger partial charge in [0.2, 0.25) is 5.91 Å². The highest BCUT2D eigenvalue weighted by molar-refractivity contribution is 7.99. The van der Waals surface area contributed by atoms with Gasteiger partial charge < -0.3 is 15.7 Å². The molecule has 0 aromatic rings. The molecule has 3 N–H and O–H groups in total. The molecule has 1 saturated carbocycles. The van der Waals surface area contributed by atoms with Crippen molar-refractivity contribution < 1.29 is 9.90 Å². The van der Waals surface area contributed by atoms with Crippen molar-refractivity contribution in [3.8, 4) is 0 Å². The van der Waals surface area contributed by atoms with Crippen LogP contribution in [0.25, 0.3) is 0 Å². The Bertz CT molecular complexity index is 285. The van der Waals surface area contributed by atoms with Gasteiger partial charge in [-0.1, -0.05) is 6.92 Å². The number of carbonyl (C=O) groups excluding carboxylic acids is 1. The minimum absolute atomic E-state index is 0.0363. The fraction of sp³-hybridized carbons (Fsp3) is 0.923. The zero-order valence-electron chi connectivity index (χ0n) is 11.1. The molecular formula is C13H24N2O2S. The van der Waals surface area contributed by atoms with E-state index in [0.29, 0.717) is 12.5 Å². The largest absolute Gasteiger partial charge is 0.388 e. The van der Waals surface area contributed by atoms with E-state index < -0.39 is 5.60 Å². The molecule has 4 nitrogen and oxygen atoms in total. The molecule has 1 unspecified atom stereocenters. The summed E-state index contributed by atoms with van der Waals surface area (Å²) >= 11 is 1.81. The summed E-state index contributed by atoms with van der Waals surface area (Å²) in [5.74, 6) is 2.65. The van der Waals surface area contributed by atoms with E-state index in [2.05, 4.69) is 17.6 Å². The molecule has 2 fully saturated rings. The Morgan fingerprint density at radius 3 is 2.83 bits per heavy atom. The van der Waals surface area contributed by atoms with E-state index in [1.807, 2.05) is 0 Å². The van der Waals surface area contributed by atoms with Crippen LogP contribution in [0.1, 0.15) is 32.6 Å². The molecule has 0 spiro atoms. The highest BCUT2D eigenvalue weighted by Gasteiger charge is 2.33. The Morgan fingerprint density at radius 1 is 1.50 bits per heavy atom. The Morgan fingerprint density at radius 2 is 2.22 bits per heavy atom. The molecule has 1 amide bonds. The molecule has 18 heavy (non-hydrogen) atoms. The normalized spacial score (nSPS) is 37.2. The van der Waals surface area contributed by atoms with Crippen molar-refractivity contribution in [3.05, 3.63) is 0 Å². The number of aliphatic hydroxyl groups is 1. The topological polar surface area (TPSA) is 61.4 Å². The van der Waals surface area contributed by atoms with Crippen LogP contribution in [0.4, 0.5) is 0 Å². The minimum Gasteiger partial charge on any atom is -0.388 e. The second-order valence-corrected chi connectivity index (χ2v) is 6.86. The number of amides is 1. The zero-order chi connectivity index (χ0) is 13.0. The maximum Gasteiger partial charge on any atom is 0.238 e. The van der Waals surface area contributed by atoms with Crippen LogP contribution in [0.5, 0.6) is 0 Å². The average molecular weight is 272 g/mol. The second kappa shape index (κ2) is 6.26. The molecule has 2 rings (SSSR count). The summed E-state index contributed by atoms with van der Waals surface area (Å²) in [4.78, 5) is 11.9. The Balaban J connectivity index is 1.74. The number of nitrogens with one attached hydrogen (secondary N) is 2. The van der Waals surface area contributed by atoms with Gasteiger partial charge in [0.25, 0.3) is 0 Å². The van der Waals surface area contributed by atoms with Gasteiger partial charge in [-0.3, -0.25) is 4.79 Å². The Labute approximate surface area is 113 Å². The predicted octanol–water partition coefficient (Wildman–Crippen LogP) is 0.749. The maximum absolute atomic E-state index is 11.9. The lowest BCUT2D eigenvalue weighted by atomic mass is 9.79. The standard InChI is InChI=1S/C13H24N2O2S/c1-10-2-4-13(17,5-3-10)9-15-12(16)11-8-18-7-6-14-11/h10-11,14,17H,2-9H2,1H3,(H,15,16). The monoisotopic (exact) mass is 272 g/mol. The summed E-state index contributed by atoms with van der Waals surface area (Å²) < 4.78 is 0. The first-order valence-corrected chi connectivity index (χ1v) is 8.06. The van der Waals surface area contributed by atoms with Crippen LogP contribution in [0.2, 0.25) is 0 Å². The van der Waals surface area contributed by atoms with Gasteiger partial charge in [-0.25, -0.2) is 0 Å². The van der Waals surface area contributed by atoms with Crippen LogP contribution in [0, 0.1) is 5.92 Å². The van der Waals surface area contributed by atoms with E-state index in [4.69, 9.17) is 0 Å². The predicted molar refractivity (Wildman–Crippen MR) is 74.7 cm³/mol. The van der Waals surface area contributed by atoms with E-state index in [-0.39, 0.29) is 11.9 Å². The first-order chi connectivity index (χ1) is 8.59. The van der Waals surface area contributed by atoms with Crippen molar-refractivity contribution in [2.75, 3.05) is 24.6 Å². The van der Waals surface area contributed by atoms with Gasteiger partial charge >= 0.3 is 0 Å². The van der Waals surface area contributed by atoms with Gasteiger partial charge in [-0.2, -0.15) is 11.8 Å². The summed E-state index contributed by atoms with van der Waals surface area (Å²) in [6.45, 7) is 3.52. The molecule has 1 aliphatic carbocycles. The Hall–Kier alpha value is -0.260. The SMILES string of the molecule is CC1CCC(O)(CNC(=O)C2CSCCN2)CC1. The highest BCUT2D eigenvalue weighted by atomic mass is 32.2. The van der Waals surface area contributed by atoms with Gasteiger partial charge in [-0.15, -0.1) is 0 Å². The lowest BCUT2D eigenvalue weighted by molar-refractivity contribution is -0.124. The average Bonchev–Trinajstić information content (AvgIpc) is 2.41. The molecule has 5 heteroatoms. The van der Waals surface area contributed by atoms with Crippen molar-refractivity contribution in [3.63, 3.8) is 0 Å². The molecule has 1 heterocycles. The van der Waals surface area contributed by atoms with E-state index in [1.54, 1.807) is 11.8 Å². The number of hydrogen-bond donors (Lipinski definition) is 3. The smallest absolute Gasteiger partial charge is 0.238 e. The maximum atomic E-state index is 11.9. The lowest BCUT2D eigenvalue weighted by Crippen LogP contribution is -2.53. The zero-order valence-corrected chi connectivity index (χ0v) is 11.9. The minimum atomic E-state index is -0.677. The van der Waals surface area contributed by atoms with E-state index in [9.17, 15) is 9.90 Å². The first kappa shape index (κ1) is 14.2. The van der Waals surface area contributed by atoms with Gasteiger partial charge in [0, 0.05) is 24.6 Å². The van der Waals surface area contributed by atoms with Gasteiger partial charge in [0.15, 0.2) is 0 Å². The summed E-state index contributed by atoms with van der Waals surface area (Å²) in [5, 5.41) is 16.5. The van der Waals surface area contributed by atoms with Crippen molar-refractivity contribution in [1.82, 2.24) is 10.6 Å². The first-order valence-electron chi connectivity index (χ1n) is 6.90. The van der Waals surface area contributed by atoms with Gasteiger partial charge in [-0.05, 0) is 31.6 Å². The summed E-state index contributed by atoms with van der Waals surface area (Å²) in [6, 6.07) is -0.0881. The fourth-order valence-electron chi connectivity index (χ4n) is 2.58. The van der Waals surface area contributed by atoms with Crippen molar-refractivity contribution in [2.45, 2.75) is 44.2 Å². The molecule has 104 valence electrons.